The number of hydrogen-bond donors (Lipinski definition) is 3. The number of benzene rings is 2. The zero-order valence-electron chi connectivity index (χ0n) is 16.8. The third-order valence-electron chi connectivity index (χ3n) is 4.80. The van der Waals surface area contributed by atoms with Gasteiger partial charge in [0.1, 0.15) is 5.82 Å². The lowest BCUT2D eigenvalue weighted by molar-refractivity contribution is -0.258. The van der Waals surface area contributed by atoms with Crippen molar-refractivity contribution in [2.75, 3.05) is 5.32 Å². The number of anilines is 1. The van der Waals surface area contributed by atoms with Crippen LogP contribution in [0.4, 0.5) is 23.7 Å². The van der Waals surface area contributed by atoms with Crippen LogP contribution in [0.25, 0.3) is 0 Å². The van der Waals surface area contributed by atoms with E-state index in [9.17, 15) is 23.1 Å². The Morgan fingerprint density at radius 2 is 1.78 bits per heavy atom. The Labute approximate surface area is 192 Å². The van der Waals surface area contributed by atoms with Crippen LogP contribution in [0.5, 0.6) is 0 Å². The molecule has 0 aliphatic carbocycles. The molecule has 1 unspecified atom stereocenters. The molecule has 2 amide bonds. The van der Waals surface area contributed by atoms with Crippen LogP contribution in [0.2, 0.25) is 10.0 Å². The molecule has 11 heteroatoms. The number of rotatable bonds is 6. The van der Waals surface area contributed by atoms with Crippen molar-refractivity contribution in [1.29, 1.82) is 0 Å². The van der Waals surface area contributed by atoms with Gasteiger partial charge in [0, 0.05) is 18.9 Å². The molecule has 3 aromatic rings. The highest BCUT2D eigenvalue weighted by Gasteiger charge is 2.51. The zero-order chi connectivity index (χ0) is 23.5. The highest BCUT2D eigenvalue weighted by Crippen LogP contribution is 2.42. The summed E-state index contributed by atoms with van der Waals surface area (Å²) in [7, 11) is 0. The second-order valence-electron chi connectivity index (χ2n) is 7.15. The quantitative estimate of drug-likeness (QED) is 0.440. The molecular weight excluding hydrogens is 468 g/mol. The molecule has 170 valence electrons. The average molecular weight is 487 g/mol. The lowest BCUT2D eigenvalue weighted by Crippen LogP contribution is -2.39. The van der Waals surface area contributed by atoms with Gasteiger partial charge < -0.3 is 20.3 Å². The van der Waals surface area contributed by atoms with Crippen molar-refractivity contribution in [3.8, 4) is 0 Å². The standard InChI is InChI=1S/C21H19Cl2F3N4O2/c1-20(32,21(24,25)26)14-9-15(22)18(16(23)10-14)29-19(31)28-11-17-27-7-8-30(17)12-13-5-3-2-4-6-13/h2-10,32H,11-12H2,1H3,(H2,28,29,31). The van der Waals surface area contributed by atoms with E-state index in [0.717, 1.165) is 17.7 Å². The number of halogens is 5. The molecule has 32 heavy (non-hydrogen) atoms. The SMILES string of the molecule is CC(O)(c1cc(Cl)c(NC(=O)NCc2nccn2Cc2ccccc2)c(Cl)c1)C(F)(F)F. The van der Waals surface area contributed by atoms with Gasteiger partial charge in [0.25, 0.3) is 0 Å². The lowest BCUT2D eigenvalue weighted by Gasteiger charge is -2.27. The number of imidazole rings is 1. The number of aromatic nitrogens is 2. The predicted octanol–water partition coefficient (Wildman–Crippen LogP) is 5.33. The number of carbonyl (C=O) groups is 1. The third kappa shape index (κ3) is 5.35. The zero-order valence-corrected chi connectivity index (χ0v) is 18.3. The van der Waals surface area contributed by atoms with Gasteiger partial charge >= 0.3 is 12.2 Å². The van der Waals surface area contributed by atoms with E-state index in [1.165, 1.54) is 0 Å². The van der Waals surface area contributed by atoms with E-state index in [4.69, 9.17) is 23.2 Å². The first-order chi connectivity index (χ1) is 15.0. The number of nitrogens with one attached hydrogen (secondary N) is 2. The highest BCUT2D eigenvalue weighted by molar-refractivity contribution is 6.39. The predicted molar refractivity (Wildman–Crippen MR) is 116 cm³/mol. The Morgan fingerprint density at radius 3 is 2.38 bits per heavy atom. The van der Waals surface area contributed by atoms with Crippen LogP contribution in [0.3, 0.4) is 0 Å². The van der Waals surface area contributed by atoms with Gasteiger partial charge in [0.15, 0.2) is 5.60 Å². The summed E-state index contributed by atoms with van der Waals surface area (Å²) in [6.45, 7) is 1.24. The summed E-state index contributed by atoms with van der Waals surface area (Å²) in [5.74, 6) is 0.595. The van der Waals surface area contributed by atoms with E-state index >= 15 is 0 Å². The van der Waals surface area contributed by atoms with E-state index in [1.807, 2.05) is 34.9 Å². The van der Waals surface area contributed by atoms with Crippen molar-refractivity contribution in [2.45, 2.75) is 31.8 Å². The summed E-state index contributed by atoms with van der Waals surface area (Å²) in [5, 5.41) is 14.3. The fourth-order valence-corrected chi connectivity index (χ4v) is 3.47. The summed E-state index contributed by atoms with van der Waals surface area (Å²) in [5.41, 5.74) is -2.73. The first-order valence-corrected chi connectivity index (χ1v) is 10.1. The second-order valence-corrected chi connectivity index (χ2v) is 7.96. The molecule has 1 heterocycles. The average Bonchev–Trinajstić information content (AvgIpc) is 3.15. The van der Waals surface area contributed by atoms with Gasteiger partial charge in [-0.1, -0.05) is 53.5 Å². The topological polar surface area (TPSA) is 79.2 Å². The monoisotopic (exact) mass is 486 g/mol. The minimum Gasteiger partial charge on any atom is -0.376 e. The highest BCUT2D eigenvalue weighted by atomic mass is 35.5. The Hall–Kier alpha value is -2.75. The summed E-state index contributed by atoms with van der Waals surface area (Å²) >= 11 is 12.1. The second kappa shape index (κ2) is 9.40. The van der Waals surface area contributed by atoms with Crippen LogP contribution in [0.15, 0.2) is 54.9 Å². The first kappa shape index (κ1) is 23.9. The van der Waals surface area contributed by atoms with Crippen molar-refractivity contribution in [3.63, 3.8) is 0 Å². The molecule has 6 nitrogen and oxygen atoms in total. The molecular formula is C21H19Cl2F3N4O2. The first-order valence-electron chi connectivity index (χ1n) is 9.36. The van der Waals surface area contributed by atoms with Gasteiger partial charge in [-0.15, -0.1) is 0 Å². The number of carbonyl (C=O) groups excluding carboxylic acids is 1. The molecule has 1 atom stereocenters. The van der Waals surface area contributed by atoms with Gasteiger partial charge in [0.2, 0.25) is 0 Å². The van der Waals surface area contributed by atoms with Crippen molar-refractivity contribution < 1.29 is 23.1 Å². The van der Waals surface area contributed by atoms with E-state index in [0.29, 0.717) is 19.3 Å². The summed E-state index contributed by atoms with van der Waals surface area (Å²) in [6, 6.07) is 10.8. The number of aliphatic hydroxyl groups is 1. The largest absolute Gasteiger partial charge is 0.421 e. The van der Waals surface area contributed by atoms with Crippen LogP contribution in [0, 0.1) is 0 Å². The Balaban J connectivity index is 1.67. The maximum atomic E-state index is 13.1. The van der Waals surface area contributed by atoms with Gasteiger partial charge in [-0.3, -0.25) is 0 Å². The lowest BCUT2D eigenvalue weighted by atomic mass is 9.95. The normalized spacial score (nSPS) is 13.5. The number of urea groups is 1. The van der Waals surface area contributed by atoms with Gasteiger partial charge in [0.05, 0.1) is 22.3 Å². The molecule has 0 bridgehead atoms. The van der Waals surface area contributed by atoms with Crippen LogP contribution >= 0.6 is 23.2 Å². The van der Waals surface area contributed by atoms with Crippen LogP contribution in [-0.2, 0) is 18.7 Å². The van der Waals surface area contributed by atoms with Crippen LogP contribution < -0.4 is 10.6 Å². The number of nitrogens with zero attached hydrogens (tertiary/aromatic N) is 2. The molecule has 0 fully saturated rings. The molecule has 0 aliphatic heterocycles. The van der Waals surface area contributed by atoms with Crippen LogP contribution in [-0.4, -0.2) is 26.9 Å². The molecule has 0 saturated heterocycles. The minimum atomic E-state index is -4.94. The van der Waals surface area contributed by atoms with Crippen molar-refractivity contribution >= 4 is 34.9 Å². The van der Waals surface area contributed by atoms with Gasteiger partial charge in [-0.2, -0.15) is 13.2 Å². The fourth-order valence-electron chi connectivity index (χ4n) is 2.89. The molecule has 2 aromatic carbocycles. The summed E-state index contributed by atoms with van der Waals surface area (Å²) < 4.78 is 41.1. The third-order valence-corrected chi connectivity index (χ3v) is 5.40. The number of amides is 2. The van der Waals surface area contributed by atoms with Crippen molar-refractivity contribution in [3.05, 3.63) is 81.9 Å². The number of alkyl halides is 3. The van der Waals surface area contributed by atoms with Gasteiger partial charge in [-0.05, 0) is 30.2 Å². The van der Waals surface area contributed by atoms with Crippen molar-refractivity contribution in [1.82, 2.24) is 14.9 Å². The Bertz CT molecular complexity index is 1080. The Morgan fingerprint density at radius 1 is 1.16 bits per heavy atom. The molecule has 0 saturated carbocycles. The molecule has 0 spiro atoms. The fraction of sp³-hybridized carbons (Fsp3) is 0.238. The molecule has 1 aromatic heterocycles. The summed E-state index contributed by atoms with van der Waals surface area (Å²) in [6.07, 6.45) is -1.55. The molecule has 0 radical (unpaired) electrons. The van der Waals surface area contributed by atoms with Crippen LogP contribution in [0.1, 0.15) is 23.9 Å². The smallest absolute Gasteiger partial charge is 0.376 e. The van der Waals surface area contributed by atoms with E-state index in [2.05, 4.69) is 15.6 Å². The van der Waals surface area contributed by atoms with Gasteiger partial charge in [-0.25, -0.2) is 9.78 Å². The molecule has 3 rings (SSSR count). The molecule has 3 N–H and O–H groups in total. The Kier molecular flexibility index (Phi) is 7.02. The summed E-state index contributed by atoms with van der Waals surface area (Å²) in [4.78, 5) is 16.5. The van der Waals surface area contributed by atoms with Crippen molar-refractivity contribution in [2.24, 2.45) is 0 Å². The molecule has 0 aliphatic rings. The maximum absolute atomic E-state index is 13.1. The van der Waals surface area contributed by atoms with E-state index in [1.54, 1.807) is 12.4 Å². The maximum Gasteiger partial charge on any atom is 0.421 e. The number of hydrogen-bond acceptors (Lipinski definition) is 3. The van der Waals surface area contributed by atoms with E-state index in [-0.39, 0.29) is 22.3 Å². The minimum absolute atomic E-state index is 0.0832. The van der Waals surface area contributed by atoms with E-state index < -0.39 is 23.4 Å².